The van der Waals surface area contributed by atoms with Crippen molar-refractivity contribution in [2.45, 2.75) is 38.7 Å². The molecule has 19 heavy (non-hydrogen) atoms. The van der Waals surface area contributed by atoms with Crippen LogP contribution in [-0.2, 0) is 9.47 Å². The summed E-state index contributed by atoms with van der Waals surface area (Å²) < 4.78 is 25.5. The maximum atomic E-state index is 13.3. The lowest BCUT2D eigenvalue weighted by molar-refractivity contribution is -0.241. The predicted octanol–water partition coefficient (Wildman–Crippen LogP) is 0.983. The minimum absolute atomic E-state index is 0.0504. The molecule has 0 aromatic carbocycles. The van der Waals surface area contributed by atoms with Crippen molar-refractivity contribution < 1.29 is 13.9 Å². The number of aromatic amines is 1. The molecular weight excluding hydrogens is 255 g/mol. The third-order valence-electron chi connectivity index (χ3n) is 3.71. The molecule has 1 aromatic heterocycles. The largest absolute Gasteiger partial charge is 0.353 e. The fraction of sp³-hybridized carbons (Fsp3) is 0.667. The van der Waals surface area contributed by atoms with Gasteiger partial charge in [-0.1, -0.05) is 13.8 Å². The van der Waals surface area contributed by atoms with Crippen LogP contribution in [0.2, 0.25) is 0 Å². The normalized spacial score (nSPS) is 30.7. The van der Waals surface area contributed by atoms with Gasteiger partial charge in [0.2, 0.25) is 5.82 Å². The molecule has 0 saturated carbocycles. The maximum absolute atomic E-state index is 13.3. The fourth-order valence-corrected chi connectivity index (χ4v) is 2.55. The van der Waals surface area contributed by atoms with Gasteiger partial charge < -0.3 is 9.47 Å². The lowest BCUT2D eigenvalue weighted by Gasteiger charge is -2.30. The number of hydrogen-bond donors (Lipinski definition) is 1. The molecule has 106 valence electrons. The molecule has 3 atom stereocenters. The molecule has 1 aliphatic rings. The van der Waals surface area contributed by atoms with Crippen LogP contribution in [0.5, 0.6) is 0 Å². The number of hydrogen-bond acceptors (Lipinski definition) is 4. The SMILES string of the molecule is CC[C@@]1(OC)O[C@@H](n2cc(F)c(=O)[nH]c2=O)C[C@@H]1C. The van der Waals surface area contributed by atoms with Crippen LogP contribution in [0.1, 0.15) is 32.9 Å². The number of methoxy groups -OCH3 is 1. The lowest BCUT2D eigenvalue weighted by Crippen LogP contribution is -2.37. The molecule has 0 unspecified atom stereocenters. The monoisotopic (exact) mass is 272 g/mol. The highest BCUT2D eigenvalue weighted by Gasteiger charge is 2.46. The second-order valence-corrected chi connectivity index (χ2v) is 4.72. The van der Waals surface area contributed by atoms with Gasteiger partial charge in [0.05, 0.1) is 6.20 Å². The van der Waals surface area contributed by atoms with Crippen LogP contribution in [0, 0.1) is 11.7 Å². The summed E-state index contributed by atoms with van der Waals surface area (Å²) in [5, 5.41) is 0. The number of ether oxygens (including phenoxy) is 2. The molecule has 1 fully saturated rings. The Morgan fingerprint density at radius 3 is 2.84 bits per heavy atom. The molecule has 0 bridgehead atoms. The number of halogens is 1. The Bertz CT molecular complexity index is 576. The van der Waals surface area contributed by atoms with Crippen molar-refractivity contribution in [2.24, 2.45) is 5.92 Å². The molecule has 2 rings (SSSR count). The lowest BCUT2D eigenvalue weighted by atomic mass is 9.97. The van der Waals surface area contributed by atoms with E-state index in [0.717, 1.165) is 10.8 Å². The van der Waals surface area contributed by atoms with E-state index >= 15 is 0 Å². The molecule has 0 amide bonds. The van der Waals surface area contributed by atoms with E-state index in [-0.39, 0.29) is 5.92 Å². The van der Waals surface area contributed by atoms with E-state index in [1.165, 1.54) is 0 Å². The minimum Gasteiger partial charge on any atom is -0.353 e. The molecule has 6 nitrogen and oxygen atoms in total. The Labute approximate surface area is 109 Å². The molecule has 1 N–H and O–H groups in total. The van der Waals surface area contributed by atoms with Crippen molar-refractivity contribution in [1.82, 2.24) is 9.55 Å². The Hall–Kier alpha value is -1.47. The first kappa shape index (κ1) is 14.0. The van der Waals surface area contributed by atoms with E-state index in [1.54, 1.807) is 7.11 Å². The van der Waals surface area contributed by atoms with Crippen LogP contribution in [-0.4, -0.2) is 22.4 Å². The standard InChI is InChI=1S/C12H17FN2O4/c1-4-12(18-3)7(2)5-9(19-12)15-6-8(13)10(16)14-11(15)17/h6-7,9H,4-5H2,1-3H3,(H,14,16,17)/t7-,9+,12+/m0/s1. The second kappa shape index (κ2) is 4.90. The number of nitrogens with zero attached hydrogens (tertiary/aromatic N) is 1. The van der Waals surface area contributed by atoms with Crippen LogP contribution in [0.25, 0.3) is 0 Å². The molecule has 1 aromatic rings. The van der Waals surface area contributed by atoms with Gasteiger partial charge in [0.15, 0.2) is 5.79 Å². The predicted molar refractivity (Wildman–Crippen MR) is 65.2 cm³/mol. The maximum Gasteiger partial charge on any atom is 0.330 e. The quantitative estimate of drug-likeness (QED) is 0.890. The Morgan fingerprint density at radius 2 is 2.32 bits per heavy atom. The van der Waals surface area contributed by atoms with Crippen LogP contribution in [0.3, 0.4) is 0 Å². The summed E-state index contributed by atoms with van der Waals surface area (Å²) in [7, 11) is 1.54. The molecule has 0 spiro atoms. The summed E-state index contributed by atoms with van der Waals surface area (Å²) in [5.41, 5.74) is -1.72. The fourth-order valence-electron chi connectivity index (χ4n) is 2.55. The minimum atomic E-state index is -1.03. The Balaban J connectivity index is 2.38. The van der Waals surface area contributed by atoms with Crippen molar-refractivity contribution in [3.05, 3.63) is 32.9 Å². The highest BCUT2D eigenvalue weighted by molar-refractivity contribution is 4.92. The van der Waals surface area contributed by atoms with Crippen LogP contribution < -0.4 is 11.2 Å². The highest BCUT2D eigenvalue weighted by atomic mass is 19.1. The number of H-pyrrole nitrogens is 1. The third kappa shape index (κ3) is 2.23. The summed E-state index contributed by atoms with van der Waals surface area (Å²) in [6.45, 7) is 3.86. The van der Waals surface area contributed by atoms with Gasteiger partial charge in [0.1, 0.15) is 6.23 Å². The van der Waals surface area contributed by atoms with Gasteiger partial charge in [0, 0.05) is 19.4 Å². The molecule has 0 aliphatic carbocycles. The van der Waals surface area contributed by atoms with Gasteiger partial charge in [0.25, 0.3) is 5.56 Å². The van der Waals surface area contributed by atoms with E-state index in [9.17, 15) is 14.0 Å². The zero-order chi connectivity index (χ0) is 14.2. The van der Waals surface area contributed by atoms with E-state index in [0.29, 0.717) is 12.8 Å². The number of aromatic nitrogens is 2. The van der Waals surface area contributed by atoms with Crippen LogP contribution in [0.4, 0.5) is 4.39 Å². The molecular formula is C12H17FN2O4. The van der Waals surface area contributed by atoms with Gasteiger partial charge in [-0.2, -0.15) is 4.39 Å². The van der Waals surface area contributed by atoms with Crippen LogP contribution in [0.15, 0.2) is 15.8 Å². The summed E-state index contributed by atoms with van der Waals surface area (Å²) in [6, 6.07) is 0. The van der Waals surface area contributed by atoms with Crippen LogP contribution >= 0.6 is 0 Å². The van der Waals surface area contributed by atoms with Gasteiger partial charge in [-0.25, -0.2) is 4.79 Å². The van der Waals surface area contributed by atoms with Crippen molar-refractivity contribution in [3.63, 3.8) is 0 Å². The van der Waals surface area contributed by atoms with E-state index in [2.05, 4.69) is 0 Å². The highest BCUT2D eigenvalue weighted by Crippen LogP contribution is 2.42. The average Bonchev–Trinajstić information content (AvgIpc) is 2.71. The average molecular weight is 272 g/mol. The smallest absolute Gasteiger partial charge is 0.330 e. The number of rotatable bonds is 3. The molecule has 7 heteroatoms. The zero-order valence-electron chi connectivity index (χ0n) is 11.1. The van der Waals surface area contributed by atoms with Crippen molar-refractivity contribution in [3.8, 4) is 0 Å². The van der Waals surface area contributed by atoms with E-state index in [1.807, 2.05) is 18.8 Å². The van der Waals surface area contributed by atoms with Crippen molar-refractivity contribution in [1.29, 1.82) is 0 Å². The molecule has 2 heterocycles. The second-order valence-electron chi connectivity index (χ2n) is 4.72. The Morgan fingerprint density at radius 1 is 1.63 bits per heavy atom. The van der Waals surface area contributed by atoms with Gasteiger partial charge >= 0.3 is 5.69 Å². The molecule has 0 radical (unpaired) electrons. The summed E-state index contributed by atoms with van der Waals surface area (Å²) in [6.07, 6.45) is 1.35. The zero-order valence-corrected chi connectivity index (χ0v) is 11.1. The molecule has 1 aliphatic heterocycles. The molecule has 1 saturated heterocycles. The summed E-state index contributed by atoms with van der Waals surface area (Å²) in [4.78, 5) is 24.6. The van der Waals surface area contributed by atoms with Crippen molar-refractivity contribution in [2.75, 3.05) is 7.11 Å². The van der Waals surface area contributed by atoms with E-state index < -0.39 is 29.1 Å². The topological polar surface area (TPSA) is 73.3 Å². The first-order valence-corrected chi connectivity index (χ1v) is 6.17. The first-order valence-electron chi connectivity index (χ1n) is 6.17. The summed E-state index contributed by atoms with van der Waals surface area (Å²) >= 11 is 0. The van der Waals surface area contributed by atoms with Gasteiger partial charge in [-0.3, -0.25) is 14.3 Å². The van der Waals surface area contributed by atoms with Gasteiger partial charge in [-0.05, 0) is 6.42 Å². The third-order valence-corrected chi connectivity index (χ3v) is 3.71. The van der Waals surface area contributed by atoms with E-state index in [4.69, 9.17) is 9.47 Å². The Kier molecular flexibility index (Phi) is 3.60. The first-order chi connectivity index (χ1) is 8.93. The van der Waals surface area contributed by atoms with Gasteiger partial charge in [-0.15, -0.1) is 0 Å². The number of nitrogens with one attached hydrogen (secondary N) is 1. The summed E-state index contributed by atoms with van der Waals surface area (Å²) in [5.74, 6) is -1.74. The van der Waals surface area contributed by atoms with Crippen molar-refractivity contribution >= 4 is 0 Å².